The van der Waals surface area contributed by atoms with Gasteiger partial charge < -0.3 is 24.2 Å². The van der Waals surface area contributed by atoms with Crippen molar-refractivity contribution >= 4 is 17.5 Å². The Balaban J connectivity index is 1.33. The van der Waals surface area contributed by atoms with Crippen LogP contribution in [0.4, 0.5) is 11.6 Å². The molecule has 2 fully saturated rings. The molecule has 4 heterocycles. The number of methoxy groups -OCH3 is 1. The largest absolute Gasteiger partial charge is 0.481 e. The van der Waals surface area contributed by atoms with E-state index < -0.39 is 0 Å². The number of piperazine rings is 1. The number of anilines is 2. The molecule has 0 bridgehead atoms. The number of carbonyl (C=O) groups excluding carboxylic acids is 1. The maximum absolute atomic E-state index is 12.6. The number of ether oxygens (including phenoxy) is 2. The van der Waals surface area contributed by atoms with E-state index in [-0.39, 0.29) is 5.91 Å². The molecular formula is C19H24N6O3. The number of carbonyl (C=O) groups is 1. The molecule has 0 saturated carbocycles. The topological polar surface area (TPSA) is 83.9 Å². The Kier molecular flexibility index (Phi) is 5.52. The highest BCUT2D eigenvalue weighted by atomic mass is 16.5. The highest BCUT2D eigenvalue weighted by Gasteiger charge is 2.23. The monoisotopic (exact) mass is 384 g/mol. The fraction of sp³-hybridized carbons (Fsp3) is 0.474. The maximum Gasteiger partial charge on any atom is 0.255 e. The Morgan fingerprint density at radius 2 is 1.57 bits per heavy atom. The van der Waals surface area contributed by atoms with Gasteiger partial charge in [-0.25, -0.2) is 4.98 Å². The van der Waals surface area contributed by atoms with E-state index in [1.54, 1.807) is 25.4 Å². The molecule has 0 aromatic carbocycles. The third kappa shape index (κ3) is 3.99. The molecular weight excluding hydrogens is 360 g/mol. The molecule has 28 heavy (non-hydrogen) atoms. The number of nitrogens with zero attached hydrogens (tertiary/aromatic N) is 6. The molecule has 9 nitrogen and oxygen atoms in total. The number of morpholine rings is 1. The SMILES string of the molecule is COc1ccc(C(=O)N2CCN(c3ccc(N4CCOCC4)nn3)CC2)cn1. The van der Waals surface area contributed by atoms with Gasteiger partial charge in [-0.2, -0.15) is 0 Å². The van der Waals surface area contributed by atoms with E-state index in [9.17, 15) is 4.79 Å². The molecule has 2 aliphatic heterocycles. The van der Waals surface area contributed by atoms with E-state index in [1.807, 2.05) is 17.0 Å². The molecule has 0 aliphatic carbocycles. The van der Waals surface area contributed by atoms with Gasteiger partial charge in [-0.15, -0.1) is 10.2 Å². The van der Waals surface area contributed by atoms with Gasteiger partial charge in [0.25, 0.3) is 5.91 Å². The lowest BCUT2D eigenvalue weighted by molar-refractivity contribution is 0.0746. The second kappa shape index (κ2) is 8.39. The quantitative estimate of drug-likeness (QED) is 0.761. The van der Waals surface area contributed by atoms with Crippen LogP contribution in [0.15, 0.2) is 30.5 Å². The van der Waals surface area contributed by atoms with E-state index >= 15 is 0 Å². The standard InChI is InChI=1S/C19H24N6O3/c1-27-18-5-2-15(14-20-18)19(26)25-8-6-23(7-9-25)16-3-4-17(22-21-16)24-10-12-28-13-11-24/h2-5,14H,6-13H2,1H3. The van der Waals surface area contributed by atoms with Crippen molar-refractivity contribution in [2.45, 2.75) is 0 Å². The average Bonchev–Trinajstić information content (AvgIpc) is 2.79. The van der Waals surface area contributed by atoms with Crippen molar-refractivity contribution in [2.75, 3.05) is 69.4 Å². The normalized spacial score (nSPS) is 17.5. The summed E-state index contributed by atoms with van der Waals surface area (Å²) < 4.78 is 10.4. The van der Waals surface area contributed by atoms with Crippen molar-refractivity contribution in [3.63, 3.8) is 0 Å². The molecule has 148 valence electrons. The molecule has 9 heteroatoms. The van der Waals surface area contributed by atoms with Gasteiger partial charge >= 0.3 is 0 Å². The van der Waals surface area contributed by atoms with Gasteiger partial charge in [-0.3, -0.25) is 4.79 Å². The molecule has 1 amide bonds. The number of rotatable bonds is 4. The lowest BCUT2D eigenvalue weighted by Gasteiger charge is -2.35. The van der Waals surface area contributed by atoms with Gasteiger partial charge in [0.2, 0.25) is 5.88 Å². The summed E-state index contributed by atoms with van der Waals surface area (Å²) in [5.74, 6) is 2.21. The fourth-order valence-corrected chi connectivity index (χ4v) is 3.40. The van der Waals surface area contributed by atoms with Crippen molar-refractivity contribution in [1.29, 1.82) is 0 Å². The second-order valence-electron chi connectivity index (χ2n) is 6.72. The van der Waals surface area contributed by atoms with Gasteiger partial charge in [0.15, 0.2) is 11.6 Å². The van der Waals surface area contributed by atoms with E-state index in [0.29, 0.717) is 24.5 Å². The first-order chi connectivity index (χ1) is 13.7. The predicted octanol–water partition coefficient (Wildman–Crippen LogP) is 0.679. The zero-order valence-electron chi connectivity index (χ0n) is 16.0. The van der Waals surface area contributed by atoms with Crippen molar-refractivity contribution < 1.29 is 14.3 Å². The Bertz CT molecular complexity index is 784. The molecule has 2 aromatic heterocycles. The molecule has 0 spiro atoms. The number of amides is 1. The van der Waals surface area contributed by atoms with Gasteiger partial charge in [0, 0.05) is 51.5 Å². The summed E-state index contributed by atoms with van der Waals surface area (Å²) in [6.07, 6.45) is 1.56. The van der Waals surface area contributed by atoms with Crippen LogP contribution in [0.1, 0.15) is 10.4 Å². The smallest absolute Gasteiger partial charge is 0.255 e. The summed E-state index contributed by atoms with van der Waals surface area (Å²) >= 11 is 0. The first-order valence-corrected chi connectivity index (χ1v) is 9.45. The van der Waals surface area contributed by atoms with Crippen LogP contribution in [0.3, 0.4) is 0 Å². The summed E-state index contributed by atoms with van der Waals surface area (Å²) in [4.78, 5) is 22.9. The van der Waals surface area contributed by atoms with Gasteiger partial charge in [0.1, 0.15) is 0 Å². The summed E-state index contributed by atoms with van der Waals surface area (Å²) in [6.45, 7) is 5.85. The van der Waals surface area contributed by atoms with Crippen molar-refractivity contribution in [3.8, 4) is 5.88 Å². The summed E-state index contributed by atoms with van der Waals surface area (Å²) in [5, 5.41) is 8.76. The van der Waals surface area contributed by atoms with Crippen LogP contribution < -0.4 is 14.5 Å². The van der Waals surface area contributed by atoms with E-state index in [0.717, 1.165) is 51.0 Å². The van der Waals surface area contributed by atoms with Crippen LogP contribution in [0.2, 0.25) is 0 Å². The average molecular weight is 384 g/mol. The minimum atomic E-state index is -0.0106. The molecule has 4 rings (SSSR count). The molecule has 2 saturated heterocycles. The highest BCUT2D eigenvalue weighted by molar-refractivity contribution is 5.94. The lowest BCUT2D eigenvalue weighted by Crippen LogP contribution is -2.49. The number of hydrogen-bond acceptors (Lipinski definition) is 8. The van der Waals surface area contributed by atoms with Crippen molar-refractivity contribution in [2.24, 2.45) is 0 Å². The zero-order chi connectivity index (χ0) is 19.3. The predicted molar refractivity (Wildman–Crippen MR) is 104 cm³/mol. The highest BCUT2D eigenvalue weighted by Crippen LogP contribution is 2.18. The molecule has 2 aliphatic rings. The van der Waals surface area contributed by atoms with E-state index in [4.69, 9.17) is 9.47 Å². The van der Waals surface area contributed by atoms with E-state index in [1.165, 1.54) is 0 Å². The Morgan fingerprint density at radius 3 is 2.11 bits per heavy atom. The Morgan fingerprint density at radius 1 is 0.929 bits per heavy atom. The minimum Gasteiger partial charge on any atom is -0.481 e. The molecule has 0 unspecified atom stereocenters. The van der Waals surface area contributed by atoms with E-state index in [2.05, 4.69) is 25.0 Å². The summed E-state index contributed by atoms with van der Waals surface area (Å²) in [7, 11) is 1.55. The van der Waals surface area contributed by atoms with Crippen molar-refractivity contribution in [3.05, 3.63) is 36.0 Å². The first-order valence-electron chi connectivity index (χ1n) is 9.45. The fourth-order valence-electron chi connectivity index (χ4n) is 3.40. The van der Waals surface area contributed by atoms with Crippen LogP contribution in [0.25, 0.3) is 0 Å². The molecule has 2 aromatic rings. The molecule has 0 N–H and O–H groups in total. The van der Waals surface area contributed by atoms with Gasteiger partial charge in [0.05, 0.1) is 25.9 Å². The minimum absolute atomic E-state index is 0.0106. The number of hydrogen-bond donors (Lipinski definition) is 0. The molecule has 0 atom stereocenters. The Hall–Kier alpha value is -2.94. The van der Waals surface area contributed by atoms with Crippen LogP contribution in [-0.4, -0.2) is 85.6 Å². The first kappa shape index (κ1) is 18.4. The van der Waals surface area contributed by atoms with Crippen molar-refractivity contribution in [1.82, 2.24) is 20.1 Å². The molecule has 0 radical (unpaired) electrons. The van der Waals surface area contributed by atoms with Crippen LogP contribution in [0, 0.1) is 0 Å². The van der Waals surface area contributed by atoms with Crippen LogP contribution in [0.5, 0.6) is 5.88 Å². The van der Waals surface area contributed by atoms with Gasteiger partial charge in [-0.05, 0) is 18.2 Å². The third-order valence-electron chi connectivity index (χ3n) is 5.05. The second-order valence-corrected chi connectivity index (χ2v) is 6.72. The van der Waals surface area contributed by atoms with Gasteiger partial charge in [-0.1, -0.05) is 0 Å². The number of pyridine rings is 1. The third-order valence-corrected chi connectivity index (χ3v) is 5.05. The maximum atomic E-state index is 12.6. The lowest BCUT2D eigenvalue weighted by atomic mass is 10.2. The summed E-state index contributed by atoms with van der Waals surface area (Å²) in [6, 6.07) is 7.46. The van der Waals surface area contributed by atoms with Crippen LogP contribution >= 0.6 is 0 Å². The van der Waals surface area contributed by atoms with Crippen LogP contribution in [-0.2, 0) is 4.74 Å². The summed E-state index contributed by atoms with van der Waals surface area (Å²) in [5.41, 5.74) is 0.573. The number of aromatic nitrogens is 3. The Labute approximate surface area is 163 Å². The zero-order valence-corrected chi connectivity index (χ0v) is 16.0.